The number of hydrogen-bond acceptors (Lipinski definition) is 1. The molecule has 0 amide bonds. The zero-order chi connectivity index (χ0) is 12.7. The molecule has 2 aromatic carbocycles. The van der Waals surface area contributed by atoms with Crippen molar-refractivity contribution in [1.82, 2.24) is 0 Å². The van der Waals surface area contributed by atoms with Crippen LogP contribution in [0.5, 0.6) is 0 Å². The highest BCUT2D eigenvalue weighted by molar-refractivity contribution is 5.58. The smallest absolute Gasteiger partial charge is 0.164 e. The van der Waals surface area contributed by atoms with E-state index in [0.717, 1.165) is 11.3 Å². The Morgan fingerprint density at radius 2 is 1.83 bits per heavy atom. The number of para-hydroxylation sites is 1. The summed E-state index contributed by atoms with van der Waals surface area (Å²) in [6, 6.07) is 10.9. The number of anilines is 1. The van der Waals surface area contributed by atoms with Gasteiger partial charge in [0.15, 0.2) is 11.6 Å². The lowest BCUT2D eigenvalue weighted by atomic mass is 10.0. The van der Waals surface area contributed by atoms with E-state index in [1.54, 1.807) is 19.1 Å². The van der Waals surface area contributed by atoms with Gasteiger partial charge in [0.2, 0.25) is 0 Å². The second-order valence-electron chi connectivity index (χ2n) is 4.66. The first-order chi connectivity index (χ1) is 8.66. The summed E-state index contributed by atoms with van der Waals surface area (Å²) in [6.45, 7) is 1.57. The Labute approximate surface area is 104 Å². The molecule has 1 N–H and O–H groups in total. The molecule has 0 spiro atoms. The molecule has 92 valence electrons. The molecule has 0 saturated heterocycles. The lowest BCUT2D eigenvalue weighted by Crippen LogP contribution is -2.09. The van der Waals surface area contributed by atoms with Crippen molar-refractivity contribution < 1.29 is 8.78 Å². The van der Waals surface area contributed by atoms with Crippen molar-refractivity contribution in [2.75, 3.05) is 5.32 Å². The van der Waals surface area contributed by atoms with E-state index in [1.165, 1.54) is 0 Å². The maximum Gasteiger partial charge on any atom is 0.164 e. The van der Waals surface area contributed by atoms with Crippen LogP contribution in [0.2, 0.25) is 0 Å². The number of nitrogens with one attached hydrogen (secondary N) is 1. The summed E-state index contributed by atoms with van der Waals surface area (Å²) in [7, 11) is 0. The molecule has 3 heteroatoms. The average Bonchev–Trinajstić information content (AvgIpc) is 2.79. The van der Waals surface area contributed by atoms with Gasteiger partial charge in [-0.2, -0.15) is 0 Å². The lowest BCUT2D eigenvalue weighted by molar-refractivity contribution is 0.488. The predicted octanol–water partition coefficient (Wildman–Crippen LogP) is 3.98. The molecule has 0 bridgehead atoms. The first-order valence-electron chi connectivity index (χ1n) is 5.96. The number of hydrogen-bond donors (Lipinski definition) is 1. The van der Waals surface area contributed by atoms with E-state index in [-0.39, 0.29) is 6.04 Å². The van der Waals surface area contributed by atoms with Crippen LogP contribution in [-0.4, -0.2) is 0 Å². The van der Waals surface area contributed by atoms with Crippen molar-refractivity contribution in [3.05, 3.63) is 64.7 Å². The standard InChI is InChI=1S/C15H13F2N/c1-9-6-7-11(15(17)14(9)16)13-8-10-4-2-3-5-12(10)18-13/h2-7,13,18H,8H2,1H3. The van der Waals surface area contributed by atoms with Crippen molar-refractivity contribution in [2.45, 2.75) is 19.4 Å². The summed E-state index contributed by atoms with van der Waals surface area (Å²) in [5.74, 6) is -1.48. The van der Waals surface area contributed by atoms with Crippen molar-refractivity contribution >= 4 is 5.69 Å². The molecule has 1 aliphatic heterocycles. The Hall–Kier alpha value is -1.90. The van der Waals surface area contributed by atoms with Crippen LogP contribution in [0.25, 0.3) is 0 Å². The van der Waals surface area contributed by atoms with Gasteiger partial charge in [0, 0.05) is 11.3 Å². The molecule has 0 aliphatic carbocycles. The van der Waals surface area contributed by atoms with E-state index in [1.807, 2.05) is 24.3 Å². The Morgan fingerprint density at radius 3 is 2.61 bits per heavy atom. The van der Waals surface area contributed by atoms with Gasteiger partial charge in [-0.05, 0) is 30.5 Å². The molecule has 0 radical (unpaired) electrons. The summed E-state index contributed by atoms with van der Waals surface area (Å²) >= 11 is 0. The largest absolute Gasteiger partial charge is 0.378 e. The minimum atomic E-state index is -0.745. The van der Waals surface area contributed by atoms with Gasteiger partial charge >= 0.3 is 0 Å². The van der Waals surface area contributed by atoms with Crippen LogP contribution in [0.3, 0.4) is 0 Å². The molecular weight excluding hydrogens is 232 g/mol. The fourth-order valence-corrected chi connectivity index (χ4v) is 2.42. The van der Waals surface area contributed by atoms with Crippen LogP contribution >= 0.6 is 0 Å². The third kappa shape index (κ3) is 1.67. The number of halogens is 2. The van der Waals surface area contributed by atoms with Crippen LogP contribution in [-0.2, 0) is 6.42 Å². The van der Waals surface area contributed by atoms with Gasteiger partial charge in [-0.3, -0.25) is 0 Å². The van der Waals surface area contributed by atoms with E-state index in [9.17, 15) is 8.78 Å². The van der Waals surface area contributed by atoms with E-state index >= 15 is 0 Å². The van der Waals surface area contributed by atoms with Crippen molar-refractivity contribution in [1.29, 1.82) is 0 Å². The molecule has 18 heavy (non-hydrogen) atoms. The Morgan fingerprint density at radius 1 is 1.06 bits per heavy atom. The number of benzene rings is 2. The van der Waals surface area contributed by atoms with Crippen LogP contribution < -0.4 is 5.32 Å². The quantitative estimate of drug-likeness (QED) is 0.801. The Bertz CT molecular complexity index is 582. The first-order valence-corrected chi connectivity index (χ1v) is 5.96. The Kier molecular flexibility index (Phi) is 2.54. The topological polar surface area (TPSA) is 12.0 Å². The normalized spacial score (nSPS) is 17.4. The van der Waals surface area contributed by atoms with E-state index < -0.39 is 11.6 Å². The van der Waals surface area contributed by atoms with Crippen LogP contribution in [0.15, 0.2) is 36.4 Å². The van der Waals surface area contributed by atoms with Gasteiger partial charge < -0.3 is 5.32 Å². The van der Waals surface area contributed by atoms with E-state index in [2.05, 4.69) is 5.32 Å². The number of fused-ring (bicyclic) bond motifs is 1. The SMILES string of the molecule is Cc1ccc(C2Cc3ccccc3N2)c(F)c1F. The fourth-order valence-electron chi connectivity index (χ4n) is 2.42. The molecule has 0 saturated carbocycles. The van der Waals surface area contributed by atoms with Gasteiger partial charge in [0.25, 0.3) is 0 Å². The molecule has 0 fully saturated rings. The Balaban J connectivity index is 1.98. The van der Waals surface area contributed by atoms with Crippen LogP contribution in [0, 0.1) is 18.6 Å². The number of aryl methyl sites for hydroxylation is 1. The monoisotopic (exact) mass is 245 g/mol. The molecule has 3 rings (SSSR count). The molecule has 1 nitrogen and oxygen atoms in total. The highest BCUT2D eigenvalue weighted by Gasteiger charge is 2.25. The first kappa shape index (κ1) is 11.2. The van der Waals surface area contributed by atoms with Gasteiger partial charge in [0.1, 0.15) is 0 Å². The summed E-state index contributed by atoms with van der Waals surface area (Å²) in [6.07, 6.45) is 0.690. The maximum absolute atomic E-state index is 13.9. The highest BCUT2D eigenvalue weighted by atomic mass is 19.2. The predicted molar refractivity (Wildman–Crippen MR) is 67.6 cm³/mol. The average molecular weight is 245 g/mol. The van der Waals surface area contributed by atoms with Gasteiger partial charge in [0.05, 0.1) is 6.04 Å². The summed E-state index contributed by atoms with van der Waals surface area (Å²) in [4.78, 5) is 0. The van der Waals surface area contributed by atoms with Crippen LogP contribution in [0.1, 0.15) is 22.7 Å². The summed E-state index contributed by atoms with van der Waals surface area (Å²) < 4.78 is 27.5. The van der Waals surface area contributed by atoms with Crippen molar-refractivity contribution in [3.8, 4) is 0 Å². The zero-order valence-electron chi connectivity index (χ0n) is 10.0. The fraction of sp³-hybridized carbons (Fsp3) is 0.200. The lowest BCUT2D eigenvalue weighted by Gasteiger charge is -2.14. The van der Waals surface area contributed by atoms with Crippen molar-refractivity contribution in [3.63, 3.8) is 0 Å². The maximum atomic E-state index is 13.9. The third-order valence-corrected chi connectivity index (χ3v) is 3.45. The van der Waals surface area contributed by atoms with E-state index in [4.69, 9.17) is 0 Å². The minimum absolute atomic E-state index is 0.183. The number of rotatable bonds is 1. The third-order valence-electron chi connectivity index (χ3n) is 3.45. The molecule has 0 aromatic heterocycles. The van der Waals surface area contributed by atoms with Crippen molar-refractivity contribution in [2.24, 2.45) is 0 Å². The molecular formula is C15H13F2N. The molecule has 2 aromatic rings. The minimum Gasteiger partial charge on any atom is -0.378 e. The van der Waals surface area contributed by atoms with Gasteiger partial charge in [-0.1, -0.05) is 30.3 Å². The molecule has 1 atom stereocenters. The zero-order valence-corrected chi connectivity index (χ0v) is 10.0. The van der Waals surface area contributed by atoms with Crippen LogP contribution in [0.4, 0.5) is 14.5 Å². The second kappa shape index (κ2) is 4.09. The van der Waals surface area contributed by atoms with Gasteiger partial charge in [-0.15, -0.1) is 0 Å². The summed E-state index contributed by atoms with van der Waals surface area (Å²) in [5, 5.41) is 3.23. The molecule has 1 heterocycles. The van der Waals surface area contributed by atoms with E-state index in [0.29, 0.717) is 17.5 Å². The van der Waals surface area contributed by atoms with Gasteiger partial charge in [-0.25, -0.2) is 8.78 Å². The summed E-state index contributed by atoms with van der Waals surface area (Å²) in [5.41, 5.74) is 2.88. The molecule has 1 unspecified atom stereocenters. The highest BCUT2D eigenvalue weighted by Crippen LogP contribution is 2.35. The second-order valence-corrected chi connectivity index (χ2v) is 4.66. The molecule has 1 aliphatic rings.